The maximum atomic E-state index is 11.5. The smallest absolute Gasteiger partial charge is 0.306 e. The van der Waals surface area contributed by atoms with Gasteiger partial charge in [0.2, 0.25) is 0 Å². The first-order valence-electron chi connectivity index (χ1n) is 11.5. The average molecular weight is 462 g/mol. The van der Waals surface area contributed by atoms with Gasteiger partial charge in [0, 0.05) is 0 Å². The molecule has 1 atom stereocenters. The number of likely N-dealkylation sites (tertiary alicyclic amines) is 1. The number of carboxylic acid groups (broad SMARTS) is 1. The molecule has 1 saturated heterocycles. The molecule has 34 heavy (non-hydrogen) atoms. The van der Waals surface area contributed by atoms with E-state index in [1.807, 2.05) is 60.7 Å². The third-order valence-electron chi connectivity index (χ3n) is 6.39. The molecule has 178 valence electrons. The minimum Gasteiger partial charge on any atom is -0.497 e. The highest BCUT2D eigenvalue weighted by atomic mass is 16.5. The lowest BCUT2D eigenvalue weighted by Crippen LogP contribution is -2.39. The van der Waals surface area contributed by atoms with Crippen molar-refractivity contribution in [1.82, 2.24) is 4.90 Å². The Labute approximate surface area is 200 Å². The number of hydrogen-bond donors (Lipinski definition) is 1. The lowest BCUT2D eigenvalue weighted by molar-refractivity contribution is -0.143. The average Bonchev–Trinajstić information content (AvgIpc) is 2.89. The second-order valence-electron chi connectivity index (χ2n) is 8.51. The Balaban J connectivity index is 1.63. The van der Waals surface area contributed by atoms with Gasteiger partial charge >= 0.3 is 5.97 Å². The van der Waals surface area contributed by atoms with Gasteiger partial charge in [-0.05, 0) is 66.9 Å². The maximum absolute atomic E-state index is 11.5. The fourth-order valence-electron chi connectivity index (χ4n) is 4.54. The van der Waals surface area contributed by atoms with Crippen LogP contribution in [0, 0.1) is 5.92 Å². The Bertz CT molecular complexity index is 1090. The van der Waals surface area contributed by atoms with Gasteiger partial charge in [0.25, 0.3) is 0 Å². The second kappa shape index (κ2) is 11.1. The summed E-state index contributed by atoms with van der Waals surface area (Å²) in [6, 6.07) is 24.1. The summed E-state index contributed by atoms with van der Waals surface area (Å²) in [7, 11) is 3.31. The van der Waals surface area contributed by atoms with Crippen molar-refractivity contribution in [3.8, 4) is 17.2 Å². The summed E-state index contributed by atoms with van der Waals surface area (Å²) in [4.78, 5) is 13.8. The molecule has 4 rings (SSSR count). The van der Waals surface area contributed by atoms with Crippen LogP contribution in [0.1, 0.15) is 35.6 Å². The fraction of sp³-hybridized carbons (Fsp3) is 0.321. The summed E-state index contributed by atoms with van der Waals surface area (Å²) in [6.07, 6.45) is 1.26. The highest BCUT2D eigenvalue weighted by Gasteiger charge is 2.31. The van der Waals surface area contributed by atoms with Gasteiger partial charge in [0.1, 0.15) is 12.4 Å². The van der Waals surface area contributed by atoms with Crippen LogP contribution in [0.4, 0.5) is 0 Å². The number of hydrogen-bond acceptors (Lipinski definition) is 5. The standard InChI is InChI=1S/C28H31NO5/c1-32-24-10-6-9-22(17-24)27(29-15-13-21(14-16-29)28(30)31)23-11-12-25(26(18-23)33-2)34-19-20-7-4-3-5-8-20/h3-12,17-18,21,27H,13-16,19H2,1-2H3,(H,30,31). The van der Waals surface area contributed by atoms with Gasteiger partial charge < -0.3 is 19.3 Å². The van der Waals surface area contributed by atoms with E-state index in [4.69, 9.17) is 14.2 Å². The Morgan fingerprint density at radius 3 is 2.32 bits per heavy atom. The van der Waals surface area contributed by atoms with E-state index in [2.05, 4.69) is 17.0 Å². The zero-order valence-corrected chi connectivity index (χ0v) is 19.6. The van der Waals surface area contributed by atoms with Crippen molar-refractivity contribution in [1.29, 1.82) is 0 Å². The Morgan fingerprint density at radius 1 is 0.912 bits per heavy atom. The summed E-state index contributed by atoms with van der Waals surface area (Å²) in [5.74, 6) is 1.15. The fourth-order valence-corrected chi connectivity index (χ4v) is 4.54. The number of aliphatic carboxylic acids is 1. The summed E-state index contributed by atoms with van der Waals surface area (Å²) >= 11 is 0. The van der Waals surface area contributed by atoms with Gasteiger partial charge in [0.05, 0.1) is 26.2 Å². The van der Waals surface area contributed by atoms with Gasteiger partial charge in [-0.3, -0.25) is 9.69 Å². The van der Waals surface area contributed by atoms with Crippen LogP contribution in [0.5, 0.6) is 17.2 Å². The van der Waals surface area contributed by atoms with E-state index >= 15 is 0 Å². The van der Waals surface area contributed by atoms with Crippen LogP contribution in [0.3, 0.4) is 0 Å². The lowest BCUT2D eigenvalue weighted by atomic mass is 9.91. The first kappa shape index (κ1) is 23.6. The first-order chi connectivity index (χ1) is 16.6. The molecule has 1 heterocycles. The van der Waals surface area contributed by atoms with Crippen LogP contribution in [0.15, 0.2) is 72.8 Å². The zero-order chi connectivity index (χ0) is 23.9. The van der Waals surface area contributed by atoms with Crippen molar-refractivity contribution in [2.75, 3.05) is 27.3 Å². The number of benzene rings is 3. The van der Waals surface area contributed by atoms with Gasteiger partial charge in [0.15, 0.2) is 11.5 Å². The van der Waals surface area contributed by atoms with E-state index in [1.54, 1.807) is 14.2 Å². The largest absolute Gasteiger partial charge is 0.497 e. The second-order valence-corrected chi connectivity index (χ2v) is 8.51. The third-order valence-corrected chi connectivity index (χ3v) is 6.39. The van der Waals surface area contributed by atoms with Gasteiger partial charge in [-0.15, -0.1) is 0 Å². The molecule has 1 N–H and O–H groups in total. The molecular weight excluding hydrogens is 430 g/mol. The molecule has 1 aliphatic heterocycles. The molecule has 3 aromatic rings. The van der Waals surface area contributed by atoms with Crippen LogP contribution in [-0.2, 0) is 11.4 Å². The number of rotatable bonds is 9. The molecule has 0 amide bonds. The molecule has 1 fully saturated rings. The third kappa shape index (κ3) is 5.51. The summed E-state index contributed by atoms with van der Waals surface area (Å²) < 4.78 is 17.2. The lowest BCUT2D eigenvalue weighted by Gasteiger charge is -2.37. The van der Waals surface area contributed by atoms with Crippen molar-refractivity contribution in [3.05, 3.63) is 89.5 Å². The molecule has 0 saturated carbocycles. The highest BCUT2D eigenvalue weighted by molar-refractivity contribution is 5.70. The van der Waals surface area contributed by atoms with Gasteiger partial charge in [-0.25, -0.2) is 0 Å². The Kier molecular flexibility index (Phi) is 7.70. The van der Waals surface area contributed by atoms with Crippen molar-refractivity contribution >= 4 is 5.97 Å². The van der Waals surface area contributed by atoms with Gasteiger partial charge in [-0.2, -0.15) is 0 Å². The number of carbonyl (C=O) groups is 1. The zero-order valence-electron chi connectivity index (χ0n) is 19.6. The SMILES string of the molecule is COc1cccc(C(c2ccc(OCc3ccccc3)c(OC)c2)N2CCC(C(=O)O)CC2)c1. The van der Waals surface area contributed by atoms with E-state index in [9.17, 15) is 9.90 Å². The molecule has 1 unspecified atom stereocenters. The Morgan fingerprint density at radius 2 is 1.65 bits per heavy atom. The summed E-state index contributed by atoms with van der Waals surface area (Å²) in [6.45, 7) is 1.86. The molecule has 0 spiro atoms. The van der Waals surface area contributed by atoms with E-state index in [0.717, 1.165) is 22.4 Å². The van der Waals surface area contributed by atoms with Gasteiger partial charge in [-0.1, -0.05) is 48.5 Å². The predicted molar refractivity (Wildman–Crippen MR) is 131 cm³/mol. The predicted octanol–water partition coefficient (Wildman–Crippen LogP) is 5.17. The van der Waals surface area contributed by atoms with Crippen molar-refractivity contribution < 1.29 is 24.1 Å². The van der Waals surface area contributed by atoms with E-state index < -0.39 is 5.97 Å². The molecule has 6 nitrogen and oxygen atoms in total. The van der Waals surface area contributed by atoms with Crippen molar-refractivity contribution in [2.45, 2.75) is 25.5 Å². The molecule has 0 radical (unpaired) electrons. The van der Waals surface area contributed by atoms with Crippen LogP contribution < -0.4 is 14.2 Å². The van der Waals surface area contributed by atoms with Crippen LogP contribution in [-0.4, -0.2) is 43.3 Å². The van der Waals surface area contributed by atoms with E-state index in [1.165, 1.54) is 0 Å². The maximum Gasteiger partial charge on any atom is 0.306 e. The minimum atomic E-state index is -0.709. The summed E-state index contributed by atoms with van der Waals surface area (Å²) in [5.41, 5.74) is 3.24. The van der Waals surface area contributed by atoms with Crippen molar-refractivity contribution in [3.63, 3.8) is 0 Å². The number of nitrogens with zero attached hydrogens (tertiary/aromatic N) is 1. The normalized spacial score (nSPS) is 15.5. The molecule has 1 aliphatic rings. The molecule has 0 aliphatic carbocycles. The topological polar surface area (TPSA) is 68.2 Å². The van der Waals surface area contributed by atoms with Crippen LogP contribution in [0.25, 0.3) is 0 Å². The molecule has 0 aromatic heterocycles. The first-order valence-corrected chi connectivity index (χ1v) is 11.5. The van der Waals surface area contributed by atoms with E-state index in [-0.39, 0.29) is 12.0 Å². The molecule has 6 heteroatoms. The quantitative estimate of drug-likeness (QED) is 0.474. The number of ether oxygens (including phenoxy) is 3. The monoisotopic (exact) mass is 461 g/mol. The molecule has 3 aromatic carbocycles. The minimum absolute atomic E-state index is 0.0538. The summed E-state index contributed by atoms with van der Waals surface area (Å²) in [5, 5.41) is 9.43. The van der Waals surface area contributed by atoms with E-state index in [0.29, 0.717) is 44.0 Å². The number of piperidine rings is 1. The molecule has 0 bridgehead atoms. The number of methoxy groups -OCH3 is 2. The number of carboxylic acids is 1. The Hall–Kier alpha value is -3.51. The van der Waals surface area contributed by atoms with Crippen LogP contribution >= 0.6 is 0 Å². The van der Waals surface area contributed by atoms with Crippen molar-refractivity contribution in [2.24, 2.45) is 5.92 Å². The van der Waals surface area contributed by atoms with Crippen LogP contribution in [0.2, 0.25) is 0 Å². The molecular formula is C28H31NO5. The highest BCUT2D eigenvalue weighted by Crippen LogP contribution is 2.38.